The SMILES string of the molecule is Cc1ccc(NS(=O)(=O)c2cccnc2Cl)cc1[N+](=O)[O-]. The highest BCUT2D eigenvalue weighted by Crippen LogP contribution is 2.26. The van der Waals surface area contributed by atoms with E-state index in [1.54, 1.807) is 6.92 Å². The van der Waals surface area contributed by atoms with E-state index in [1.807, 2.05) is 0 Å². The molecule has 0 saturated carbocycles. The van der Waals surface area contributed by atoms with Crippen LogP contribution in [-0.4, -0.2) is 18.3 Å². The first-order valence-corrected chi connectivity index (χ1v) is 7.56. The molecule has 0 bridgehead atoms. The smallest absolute Gasteiger partial charge is 0.274 e. The third-order valence-electron chi connectivity index (χ3n) is 2.67. The van der Waals surface area contributed by atoms with Gasteiger partial charge in [0.25, 0.3) is 15.7 Å². The molecule has 1 heterocycles. The van der Waals surface area contributed by atoms with Crippen molar-refractivity contribution in [1.29, 1.82) is 0 Å². The van der Waals surface area contributed by atoms with Gasteiger partial charge in [0.1, 0.15) is 10.0 Å². The lowest BCUT2D eigenvalue weighted by atomic mass is 10.2. The third-order valence-corrected chi connectivity index (χ3v) is 4.50. The van der Waals surface area contributed by atoms with E-state index < -0.39 is 14.9 Å². The first kappa shape index (κ1) is 15.2. The number of nitro benzene ring substituents is 1. The van der Waals surface area contributed by atoms with Gasteiger partial charge in [-0.25, -0.2) is 13.4 Å². The minimum Gasteiger partial charge on any atom is -0.279 e. The zero-order valence-corrected chi connectivity index (χ0v) is 12.4. The van der Waals surface area contributed by atoms with Gasteiger partial charge in [0.05, 0.1) is 10.6 Å². The summed E-state index contributed by atoms with van der Waals surface area (Å²) in [7, 11) is -3.97. The number of benzene rings is 1. The highest BCUT2D eigenvalue weighted by Gasteiger charge is 2.20. The van der Waals surface area contributed by atoms with Crippen LogP contribution in [0.2, 0.25) is 5.15 Å². The minimum atomic E-state index is -3.97. The molecule has 0 aliphatic carbocycles. The molecule has 0 saturated heterocycles. The van der Waals surface area contributed by atoms with E-state index in [9.17, 15) is 18.5 Å². The summed E-state index contributed by atoms with van der Waals surface area (Å²) >= 11 is 5.74. The van der Waals surface area contributed by atoms with E-state index in [0.29, 0.717) is 5.56 Å². The van der Waals surface area contributed by atoms with Crippen LogP contribution in [-0.2, 0) is 10.0 Å². The predicted molar refractivity (Wildman–Crippen MR) is 77.9 cm³/mol. The number of rotatable bonds is 4. The van der Waals surface area contributed by atoms with E-state index in [1.165, 1.54) is 30.5 Å². The summed E-state index contributed by atoms with van der Waals surface area (Å²) in [6.45, 7) is 1.56. The monoisotopic (exact) mass is 327 g/mol. The van der Waals surface area contributed by atoms with Crippen molar-refractivity contribution in [3.63, 3.8) is 0 Å². The van der Waals surface area contributed by atoms with Gasteiger partial charge >= 0.3 is 0 Å². The molecule has 0 unspecified atom stereocenters. The Morgan fingerprint density at radius 2 is 2.05 bits per heavy atom. The second-order valence-corrected chi connectivity index (χ2v) is 6.17. The number of hydrogen-bond acceptors (Lipinski definition) is 5. The lowest BCUT2D eigenvalue weighted by Gasteiger charge is -2.09. The lowest BCUT2D eigenvalue weighted by Crippen LogP contribution is -2.14. The van der Waals surface area contributed by atoms with Gasteiger partial charge in [0.2, 0.25) is 0 Å². The molecule has 0 spiro atoms. The van der Waals surface area contributed by atoms with Crippen LogP contribution < -0.4 is 4.72 Å². The summed E-state index contributed by atoms with van der Waals surface area (Å²) in [5.41, 5.74) is 0.335. The maximum absolute atomic E-state index is 12.2. The van der Waals surface area contributed by atoms with Crippen LogP contribution in [0, 0.1) is 17.0 Å². The number of anilines is 1. The quantitative estimate of drug-likeness (QED) is 0.528. The van der Waals surface area contributed by atoms with Gasteiger partial charge in [-0.15, -0.1) is 0 Å². The molecule has 0 radical (unpaired) electrons. The first-order valence-electron chi connectivity index (χ1n) is 5.69. The van der Waals surface area contributed by atoms with Crippen LogP contribution in [0.5, 0.6) is 0 Å². The summed E-state index contributed by atoms with van der Waals surface area (Å²) in [5, 5.41) is 10.7. The molecule has 21 heavy (non-hydrogen) atoms. The molecule has 1 aromatic carbocycles. The predicted octanol–water partition coefficient (Wildman–Crippen LogP) is 2.75. The van der Waals surface area contributed by atoms with Gasteiger partial charge in [-0.3, -0.25) is 14.8 Å². The average Bonchev–Trinajstić information content (AvgIpc) is 2.40. The molecule has 110 valence electrons. The van der Waals surface area contributed by atoms with Crippen LogP contribution in [0.15, 0.2) is 41.4 Å². The van der Waals surface area contributed by atoms with Crippen LogP contribution in [0.4, 0.5) is 11.4 Å². The standard InChI is InChI=1S/C12H10ClN3O4S/c1-8-4-5-9(7-10(8)16(17)18)15-21(19,20)11-3-2-6-14-12(11)13/h2-7,15H,1H3. The maximum atomic E-state index is 12.2. The Bertz CT molecular complexity index is 808. The van der Waals surface area contributed by atoms with Crippen molar-refractivity contribution < 1.29 is 13.3 Å². The van der Waals surface area contributed by atoms with Crippen molar-refractivity contribution in [3.8, 4) is 0 Å². The summed E-state index contributed by atoms with van der Waals surface area (Å²) in [5.74, 6) is 0. The van der Waals surface area contributed by atoms with Crippen molar-refractivity contribution in [2.45, 2.75) is 11.8 Å². The number of nitrogens with zero attached hydrogens (tertiary/aromatic N) is 2. The highest BCUT2D eigenvalue weighted by molar-refractivity contribution is 7.92. The number of aryl methyl sites for hydroxylation is 1. The lowest BCUT2D eigenvalue weighted by molar-refractivity contribution is -0.385. The molecule has 1 N–H and O–H groups in total. The molecule has 0 aliphatic rings. The molecular weight excluding hydrogens is 318 g/mol. The zero-order chi connectivity index (χ0) is 15.6. The van der Waals surface area contributed by atoms with E-state index in [4.69, 9.17) is 11.6 Å². The van der Waals surface area contributed by atoms with Gasteiger partial charge in [-0.2, -0.15) is 0 Å². The van der Waals surface area contributed by atoms with E-state index in [0.717, 1.165) is 6.07 Å². The van der Waals surface area contributed by atoms with Gasteiger partial charge in [-0.05, 0) is 25.1 Å². The third kappa shape index (κ3) is 3.29. The molecular formula is C12H10ClN3O4S. The fraction of sp³-hybridized carbons (Fsp3) is 0.0833. The molecule has 2 rings (SSSR count). The van der Waals surface area contributed by atoms with Crippen molar-refractivity contribution >= 4 is 33.0 Å². The summed E-state index contributed by atoms with van der Waals surface area (Å²) in [6, 6.07) is 6.76. The zero-order valence-electron chi connectivity index (χ0n) is 10.8. The normalized spacial score (nSPS) is 11.1. The molecule has 2 aromatic rings. The Labute approximate surface area is 125 Å². The van der Waals surface area contributed by atoms with Crippen LogP contribution in [0.3, 0.4) is 0 Å². The van der Waals surface area contributed by atoms with Crippen LogP contribution in [0.1, 0.15) is 5.56 Å². The topological polar surface area (TPSA) is 102 Å². The van der Waals surface area contributed by atoms with Crippen molar-refractivity contribution in [2.75, 3.05) is 4.72 Å². The fourth-order valence-corrected chi connectivity index (χ4v) is 3.15. The first-order chi connectivity index (χ1) is 9.81. The van der Waals surface area contributed by atoms with Crippen molar-refractivity contribution in [1.82, 2.24) is 4.98 Å². The second-order valence-electron chi connectivity index (χ2n) is 4.16. The number of sulfonamides is 1. The van der Waals surface area contributed by atoms with Crippen LogP contribution in [0.25, 0.3) is 0 Å². The number of nitrogens with one attached hydrogen (secondary N) is 1. The summed E-state index contributed by atoms with van der Waals surface area (Å²) in [4.78, 5) is 13.8. The van der Waals surface area contributed by atoms with E-state index in [-0.39, 0.29) is 21.4 Å². The fourth-order valence-electron chi connectivity index (χ4n) is 1.65. The van der Waals surface area contributed by atoms with Gasteiger partial charge in [0.15, 0.2) is 0 Å². The van der Waals surface area contributed by atoms with E-state index in [2.05, 4.69) is 9.71 Å². The largest absolute Gasteiger partial charge is 0.279 e. The minimum absolute atomic E-state index is 0.0761. The molecule has 1 aromatic heterocycles. The number of halogens is 1. The van der Waals surface area contributed by atoms with Gasteiger partial charge < -0.3 is 0 Å². The molecule has 9 heteroatoms. The molecule has 0 amide bonds. The number of nitro groups is 1. The Balaban J connectivity index is 2.40. The Morgan fingerprint density at radius 1 is 1.33 bits per heavy atom. The van der Waals surface area contributed by atoms with Gasteiger partial charge in [0, 0.05) is 17.8 Å². The molecule has 7 nitrogen and oxygen atoms in total. The molecule has 0 aliphatic heterocycles. The number of hydrogen-bond donors (Lipinski definition) is 1. The Morgan fingerprint density at radius 3 is 2.67 bits per heavy atom. The Hall–Kier alpha value is -2.19. The van der Waals surface area contributed by atoms with Crippen molar-refractivity contribution in [3.05, 3.63) is 57.4 Å². The number of aromatic nitrogens is 1. The Kier molecular flexibility index (Phi) is 4.10. The summed E-state index contributed by atoms with van der Waals surface area (Å²) < 4.78 is 26.6. The van der Waals surface area contributed by atoms with E-state index >= 15 is 0 Å². The number of pyridine rings is 1. The van der Waals surface area contributed by atoms with Crippen molar-refractivity contribution in [2.24, 2.45) is 0 Å². The summed E-state index contributed by atoms with van der Waals surface area (Å²) in [6.07, 6.45) is 1.36. The highest BCUT2D eigenvalue weighted by atomic mass is 35.5. The molecule has 0 atom stereocenters. The average molecular weight is 328 g/mol. The van der Waals surface area contributed by atoms with Gasteiger partial charge in [-0.1, -0.05) is 17.7 Å². The molecule has 0 fully saturated rings. The maximum Gasteiger partial charge on any atom is 0.274 e. The van der Waals surface area contributed by atoms with Crippen LogP contribution >= 0.6 is 11.6 Å². The second kappa shape index (κ2) is 5.66.